The van der Waals surface area contributed by atoms with Crippen molar-refractivity contribution >= 4 is 5.97 Å². The highest BCUT2D eigenvalue weighted by Crippen LogP contribution is 2.39. The highest BCUT2D eigenvalue weighted by molar-refractivity contribution is 5.79. The highest BCUT2D eigenvalue weighted by atomic mass is 16.7. The molecule has 33 heavy (non-hydrogen) atoms. The Labute approximate surface area is 198 Å². The topological polar surface area (TPSA) is 65.5 Å². The molecule has 2 heterocycles. The first-order valence-electron chi connectivity index (χ1n) is 12.6. The van der Waals surface area contributed by atoms with Crippen LogP contribution in [0, 0.1) is 17.8 Å². The van der Waals surface area contributed by atoms with Gasteiger partial charge >= 0.3 is 5.97 Å². The van der Waals surface area contributed by atoms with Crippen LogP contribution in [0.5, 0.6) is 0 Å². The van der Waals surface area contributed by atoms with E-state index in [9.17, 15) is 9.90 Å². The van der Waals surface area contributed by atoms with Crippen LogP contribution in [0.1, 0.15) is 38.2 Å². The third-order valence-electron chi connectivity index (χ3n) is 7.60. The van der Waals surface area contributed by atoms with E-state index in [1.165, 1.54) is 24.8 Å². The van der Waals surface area contributed by atoms with Gasteiger partial charge in [0.25, 0.3) is 0 Å². The van der Waals surface area contributed by atoms with Gasteiger partial charge in [-0.3, -0.25) is 14.5 Å². The van der Waals surface area contributed by atoms with Gasteiger partial charge in [0.15, 0.2) is 0 Å². The van der Waals surface area contributed by atoms with E-state index >= 15 is 0 Å². The highest BCUT2D eigenvalue weighted by Gasteiger charge is 2.56. The number of benzene rings is 1. The molecular formula is C26H41N3O4. The van der Waals surface area contributed by atoms with Crippen molar-refractivity contribution in [2.75, 3.05) is 46.9 Å². The Morgan fingerprint density at radius 1 is 1.12 bits per heavy atom. The Kier molecular flexibility index (Phi) is 8.41. The summed E-state index contributed by atoms with van der Waals surface area (Å²) in [5.74, 6) is 0.872. The Morgan fingerprint density at radius 2 is 1.88 bits per heavy atom. The smallest absolute Gasteiger partial charge is 0.326 e. The second-order valence-corrected chi connectivity index (χ2v) is 10.5. The van der Waals surface area contributed by atoms with E-state index in [2.05, 4.69) is 54.2 Å². The van der Waals surface area contributed by atoms with E-state index in [0.29, 0.717) is 11.8 Å². The molecule has 6 atom stereocenters. The first kappa shape index (κ1) is 24.6. The first-order chi connectivity index (χ1) is 15.9. The molecule has 7 heteroatoms. The maximum atomic E-state index is 12.5. The number of aliphatic hydroxyl groups is 1. The molecule has 0 amide bonds. The lowest BCUT2D eigenvalue weighted by molar-refractivity contribution is -0.196. The third kappa shape index (κ3) is 6.14. The summed E-state index contributed by atoms with van der Waals surface area (Å²) >= 11 is 0. The molecule has 1 aliphatic carbocycles. The predicted octanol–water partition coefficient (Wildman–Crippen LogP) is 2.39. The van der Waals surface area contributed by atoms with Crippen molar-refractivity contribution in [1.82, 2.24) is 14.9 Å². The molecule has 4 rings (SSSR count). The van der Waals surface area contributed by atoms with Gasteiger partial charge in [-0.05, 0) is 57.7 Å². The standard InChI is InChI=1S/C26H41N3O4/c1-19-24-23(18-30)33-29(25(24)26(31)32-19)17-22-11-7-10-21(14-22)16-28(13-12-27(2)3)15-20-8-5-4-6-9-20/h4-6,8-9,19,21-25,30H,7,10-18H2,1-3H3/t19-,21?,22?,23-,24+,25-/m0/s1. The molecule has 2 aliphatic heterocycles. The number of carbonyl (C=O) groups excluding carboxylic acids is 1. The molecule has 0 radical (unpaired) electrons. The van der Waals surface area contributed by atoms with Crippen molar-refractivity contribution in [2.45, 2.75) is 57.4 Å². The first-order valence-corrected chi connectivity index (χ1v) is 12.6. The van der Waals surface area contributed by atoms with E-state index in [-0.39, 0.29) is 36.7 Å². The molecule has 2 saturated heterocycles. The lowest BCUT2D eigenvalue weighted by Crippen LogP contribution is -2.41. The van der Waals surface area contributed by atoms with Crippen LogP contribution in [0.25, 0.3) is 0 Å². The van der Waals surface area contributed by atoms with E-state index in [1.54, 1.807) is 0 Å². The number of nitrogens with zero attached hydrogens (tertiary/aromatic N) is 3. The zero-order valence-corrected chi connectivity index (χ0v) is 20.4. The van der Waals surface area contributed by atoms with E-state index in [0.717, 1.165) is 39.1 Å². The minimum atomic E-state index is -0.368. The number of esters is 1. The average molecular weight is 460 g/mol. The second kappa shape index (κ2) is 11.3. The quantitative estimate of drug-likeness (QED) is 0.539. The van der Waals surface area contributed by atoms with E-state index in [1.807, 2.05) is 12.0 Å². The molecule has 3 fully saturated rings. The zero-order valence-electron chi connectivity index (χ0n) is 20.4. The molecule has 2 unspecified atom stereocenters. The normalized spacial score (nSPS) is 32.5. The maximum absolute atomic E-state index is 12.5. The summed E-state index contributed by atoms with van der Waals surface area (Å²) in [6, 6.07) is 10.4. The molecule has 1 saturated carbocycles. The molecule has 3 aliphatic rings. The Morgan fingerprint density at radius 3 is 2.61 bits per heavy atom. The number of hydroxylamine groups is 2. The molecule has 0 aromatic heterocycles. The fourth-order valence-corrected chi connectivity index (χ4v) is 5.95. The number of rotatable bonds is 10. The average Bonchev–Trinajstić information content (AvgIpc) is 3.31. The SMILES string of the molecule is C[C@@H]1OC(=O)[C@@H]2[C@H]1[C@H](CO)ON2CC1CCCC(CN(CCN(C)C)Cc2ccccc2)C1. The van der Waals surface area contributed by atoms with Crippen molar-refractivity contribution in [2.24, 2.45) is 17.8 Å². The molecular weight excluding hydrogens is 418 g/mol. The number of cyclic esters (lactones) is 1. The Hall–Kier alpha value is -1.51. The number of ether oxygens (including phenoxy) is 1. The van der Waals surface area contributed by atoms with Gasteiger partial charge in [0.05, 0.1) is 12.5 Å². The molecule has 0 spiro atoms. The Bertz CT molecular complexity index is 761. The van der Waals surface area contributed by atoms with Crippen LogP contribution in [0.4, 0.5) is 0 Å². The largest absolute Gasteiger partial charge is 0.461 e. The molecule has 1 aromatic rings. The van der Waals surface area contributed by atoms with Gasteiger partial charge in [0, 0.05) is 32.7 Å². The minimum Gasteiger partial charge on any atom is -0.461 e. The lowest BCUT2D eigenvalue weighted by Gasteiger charge is -2.35. The summed E-state index contributed by atoms with van der Waals surface area (Å²) in [5.41, 5.74) is 1.36. The van der Waals surface area contributed by atoms with Gasteiger partial charge in [0.1, 0.15) is 18.2 Å². The summed E-state index contributed by atoms with van der Waals surface area (Å²) in [5, 5.41) is 11.6. The van der Waals surface area contributed by atoms with Crippen LogP contribution >= 0.6 is 0 Å². The summed E-state index contributed by atoms with van der Waals surface area (Å²) < 4.78 is 5.47. The van der Waals surface area contributed by atoms with Crippen LogP contribution in [-0.4, -0.2) is 91.1 Å². The van der Waals surface area contributed by atoms with Gasteiger partial charge in [-0.2, -0.15) is 5.06 Å². The van der Waals surface area contributed by atoms with Gasteiger partial charge in [-0.25, -0.2) is 0 Å². The van der Waals surface area contributed by atoms with E-state index < -0.39 is 0 Å². The molecule has 0 bridgehead atoms. The number of fused-ring (bicyclic) bond motifs is 1. The molecule has 1 aromatic carbocycles. The third-order valence-corrected chi connectivity index (χ3v) is 7.60. The van der Waals surface area contributed by atoms with Crippen molar-refractivity contribution in [3.63, 3.8) is 0 Å². The lowest BCUT2D eigenvalue weighted by atomic mass is 9.80. The van der Waals surface area contributed by atoms with Crippen LogP contribution in [-0.2, 0) is 20.9 Å². The molecule has 1 N–H and O–H groups in total. The summed E-state index contributed by atoms with van der Waals surface area (Å²) in [6.07, 6.45) is 4.25. The summed E-state index contributed by atoms with van der Waals surface area (Å²) in [7, 11) is 4.27. The van der Waals surface area contributed by atoms with Gasteiger partial charge < -0.3 is 14.7 Å². The van der Waals surface area contributed by atoms with Crippen LogP contribution < -0.4 is 0 Å². The zero-order chi connectivity index (χ0) is 23.4. The van der Waals surface area contributed by atoms with Crippen molar-refractivity contribution < 1.29 is 19.5 Å². The van der Waals surface area contributed by atoms with Crippen LogP contribution in [0.2, 0.25) is 0 Å². The number of hydrogen-bond donors (Lipinski definition) is 1. The maximum Gasteiger partial charge on any atom is 0.326 e. The number of hydrogen-bond acceptors (Lipinski definition) is 7. The fraction of sp³-hybridized carbons (Fsp3) is 0.731. The number of aliphatic hydroxyl groups excluding tert-OH is 1. The number of carbonyl (C=O) groups is 1. The predicted molar refractivity (Wildman–Crippen MR) is 127 cm³/mol. The van der Waals surface area contributed by atoms with Crippen molar-refractivity contribution in [1.29, 1.82) is 0 Å². The summed E-state index contributed by atoms with van der Waals surface area (Å²) in [4.78, 5) is 23.4. The van der Waals surface area contributed by atoms with Gasteiger partial charge in [0.2, 0.25) is 0 Å². The molecule has 7 nitrogen and oxygen atoms in total. The van der Waals surface area contributed by atoms with Crippen molar-refractivity contribution in [3.8, 4) is 0 Å². The Balaban J connectivity index is 1.35. The van der Waals surface area contributed by atoms with Crippen molar-refractivity contribution in [3.05, 3.63) is 35.9 Å². The monoisotopic (exact) mass is 459 g/mol. The number of likely N-dealkylation sites (N-methyl/N-ethyl adjacent to an activating group) is 1. The van der Waals surface area contributed by atoms with E-state index in [4.69, 9.17) is 9.57 Å². The van der Waals surface area contributed by atoms with Crippen LogP contribution in [0.15, 0.2) is 30.3 Å². The molecule has 184 valence electrons. The second-order valence-electron chi connectivity index (χ2n) is 10.5. The van der Waals surface area contributed by atoms with Gasteiger partial charge in [-0.15, -0.1) is 0 Å². The minimum absolute atomic E-state index is 0.0747. The fourth-order valence-electron chi connectivity index (χ4n) is 5.95. The van der Waals surface area contributed by atoms with Crippen LogP contribution in [0.3, 0.4) is 0 Å². The summed E-state index contributed by atoms with van der Waals surface area (Å²) in [6.45, 7) is 6.77. The van der Waals surface area contributed by atoms with Gasteiger partial charge in [-0.1, -0.05) is 36.8 Å².